The van der Waals surface area contributed by atoms with Crippen molar-refractivity contribution in [2.45, 2.75) is 0 Å². The van der Waals surface area contributed by atoms with Crippen molar-refractivity contribution in [1.82, 2.24) is 9.13 Å². The van der Waals surface area contributed by atoms with Gasteiger partial charge in [-0.05, 0) is 82.9 Å². The van der Waals surface area contributed by atoms with Crippen LogP contribution in [0.3, 0.4) is 0 Å². The molecule has 3 heteroatoms. The Morgan fingerprint density at radius 2 is 0.843 bits per heavy atom. The van der Waals surface area contributed by atoms with Gasteiger partial charge in [0.2, 0.25) is 0 Å². The maximum Gasteiger partial charge on any atom is 0.0640 e. The van der Waals surface area contributed by atoms with Crippen LogP contribution in [0, 0.1) is 0 Å². The normalized spacial score (nSPS) is 11.9. The standard InChI is InChI=1S/C48H30N2S/c1-2-12-31(13-3-1)33-25-27-47-41(30-33)39-19-11-23-46(48(39)51-47)50-44-22-9-6-18-38(44)40-29-34(24-26-45(40)50)32-14-10-15-35(28-32)49-42-20-7-4-16-36(42)37-17-5-8-21-43(37)49/h1-30H. The van der Waals surface area contributed by atoms with Crippen LogP contribution >= 0.6 is 11.3 Å². The molecule has 0 aliphatic heterocycles. The Bertz CT molecular complexity index is 3090. The van der Waals surface area contributed by atoms with Gasteiger partial charge in [-0.2, -0.15) is 0 Å². The molecule has 3 heterocycles. The maximum absolute atomic E-state index is 2.47. The summed E-state index contributed by atoms with van der Waals surface area (Å²) in [6.07, 6.45) is 0. The molecule has 0 spiro atoms. The van der Waals surface area contributed by atoms with Crippen molar-refractivity contribution in [1.29, 1.82) is 0 Å². The molecular formula is C48H30N2S. The summed E-state index contributed by atoms with van der Waals surface area (Å²) in [6.45, 7) is 0. The molecule has 0 amide bonds. The molecule has 0 saturated carbocycles. The van der Waals surface area contributed by atoms with E-state index in [1.54, 1.807) is 0 Å². The van der Waals surface area contributed by atoms with E-state index in [1.807, 2.05) is 11.3 Å². The van der Waals surface area contributed by atoms with E-state index in [4.69, 9.17) is 0 Å². The number of nitrogens with zero attached hydrogens (tertiary/aromatic N) is 2. The molecule has 0 aliphatic carbocycles. The molecule has 11 rings (SSSR count). The van der Waals surface area contributed by atoms with Gasteiger partial charge in [-0.25, -0.2) is 0 Å². The number of hydrogen-bond donors (Lipinski definition) is 0. The summed E-state index contributed by atoms with van der Waals surface area (Å²) in [7, 11) is 0. The van der Waals surface area contributed by atoms with Gasteiger partial charge >= 0.3 is 0 Å². The number of hydrogen-bond acceptors (Lipinski definition) is 1. The van der Waals surface area contributed by atoms with Gasteiger partial charge < -0.3 is 9.13 Å². The predicted molar refractivity (Wildman–Crippen MR) is 219 cm³/mol. The van der Waals surface area contributed by atoms with Gasteiger partial charge in [0.15, 0.2) is 0 Å². The lowest BCUT2D eigenvalue weighted by molar-refractivity contribution is 1.18. The quantitative estimate of drug-likeness (QED) is 0.177. The SMILES string of the molecule is c1ccc(-c2ccc3sc4c(-n5c6ccccc6c6cc(-c7cccc(-n8c9ccccc9c9ccccc98)c7)ccc65)cccc4c3c2)cc1. The van der Waals surface area contributed by atoms with Crippen molar-refractivity contribution in [3.8, 4) is 33.6 Å². The van der Waals surface area contributed by atoms with Crippen molar-refractivity contribution in [3.63, 3.8) is 0 Å². The van der Waals surface area contributed by atoms with Gasteiger partial charge in [-0.1, -0.05) is 121 Å². The molecule has 51 heavy (non-hydrogen) atoms. The first kappa shape index (κ1) is 28.4. The minimum Gasteiger partial charge on any atom is -0.309 e. The van der Waals surface area contributed by atoms with Crippen molar-refractivity contribution in [2.24, 2.45) is 0 Å². The van der Waals surface area contributed by atoms with E-state index in [9.17, 15) is 0 Å². The van der Waals surface area contributed by atoms with E-state index >= 15 is 0 Å². The van der Waals surface area contributed by atoms with Crippen LogP contribution in [0.1, 0.15) is 0 Å². The maximum atomic E-state index is 2.47. The lowest BCUT2D eigenvalue weighted by Gasteiger charge is -2.11. The fourth-order valence-electron chi connectivity index (χ4n) is 8.21. The summed E-state index contributed by atoms with van der Waals surface area (Å²) in [5.74, 6) is 0. The molecule has 11 aromatic rings. The van der Waals surface area contributed by atoms with E-state index in [0.29, 0.717) is 0 Å². The molecule has 0 atom stereocenters. The van der Waals surface area contributed by atoms with E-state index in [2.05, 4.69) is 191 Å². The second kappa shape index (κ2) is 11.0. The molecule has 3 aromatic heterocycles. The molecule has 238 valence electrons. The second-order valence-electron chi connectivity index (χ2n) is 13.3. The van der Waals surface area contributed by atoms with Crippen LogP contribution in [0.2, 0.25) is 0 Å². The fourth-order valence-corrected chi connectivity index (χ4v) is 9.39. The summed E-state index contributed by atoms with van der Waals surface area (Å²) in [5.41, 5.74) is 12.2. The number of benzene rings is 8. The first-order valence-electron chi connectivity index (χ1n) is 17.4. The molecule has 2 nitrogen and oxygen atoms in total. The highest BCUT2D eigenvalue weighted by Gasteiger charge is 2.18. The first-order chi connectivity index (χ1) is 25.3. The van der Waals surface area contributed by atoms with Gasteiger partial charge in [0, 0.05) is 42.7 Å². The summed E-state index contributed by atoms with van der Waals surface area (Å²) < 4.78 is 7.48. The summed E-state index contributed by atoms with van der Waals surface area (Å²) >= 11 is 1.89. The average molecular weight is 667 g/mol. The molecule has 0 saturated heterocycles. The lowest BCUT2D eigenvalue weighted by atomic mass is 10.0. The third kappa shape index (κ3) is 4.29. The van der Waals surface area contributed by atoms with Crippen LogP contribution in [-0.2, 0) is 0 Å². The van der Waals surface area contributed by atoms with Crippen LogP contribution in [0.25, 0.3) is 97.4 Å². The Labute approximate surface area is 298 Å². The Morgan fingerprint density at radius 3 is 1.61 bits per heavy atom. The third-order valence-electron chi connectivity index (χ3n) is 10.5. The summed E-state index contributed by atoms with van der Waals surface area (Å²) in [6, 6.07) is 66.6. The van der Waals surface area contributed by atoms with Crippen molar-refractivity contribution in [3.05, 3.63) is 182 Å². The zero-order valence-corrected chi connectivity index (χ0v) is 28.4. The van der Waals surface area contributed by atoms with Crippen LogP contribution in [0.5, 0.6) is 0 Å². The number of thiophene rings is 1. The zero-order valence-electron chi connectivity index (χ0n) is 27.6. The van der Waals surface area contributed by atoms with Crippen LogP contribution in [0.15, 0.2) is 182 Å². The van der Waals surface area contributed by atoms with E-state index < -0.39 is 0 Å². The van der Waals surface area contributed by atoms with E-state index in [-0.39, 0.29) is 0 Å². The van der Waals surface area contributed by atoms with Crippen molar-refractivity contribution in [2.75, 3.05) is 0 Å². The Balaban J connectivity index is 1.08. The smallest absolute Gasteiger partial charge is 0.0640 e. The van der Waals surface area contributed by atoms with E-state index in [0.717, 1.165) is 0 Å². The minimum atomic E-state index is 1.17. The number of fused-ring (bicyclic) bond motifs is 9. The summed E-state index contributed by atoms with van der Waals surface area (Å²) in [5, 5.41) is 7.68. The lowest BCUT2D eigenvalue weighted by Crippen LogP contribution is -1.94. The number of para-hydroxylation sites is 3. The van der Waals surface area contributed by atoms with Gasteiger partial charge in [-0.15, -0.1) is 11.3 Å². The molecule has 0 fully saturated rings. The molecule has 0 bridgehead atoms. The number of aromatic nitrogens is 2. The number of rotatable bonds is 4. The average Bonchev–Trinajstić information content (AvgIpc) is 3.86. The van der Waals surface area contributed by atoms with Crippen LogP contribution in [0.4, 0.5) is 0 Å². The van der Waals surface area contributed by atoms with Crippen molar-refractivity contribution >= 4 is 75.1 Å². The predicted octanol–water partition coefficient (Wildman–Crippen LogP) is 13.6. The monoisotopic (exact) mass is 666 g/mol. The molecule has 0 N–H and O–H groups in total. The zero-order chi connectivity index (χ0) is 33.5. The minimum absolute atomic E-state index is 1.17. The van der Waals surface area contributed by atoms with Crippen LogP contribution in [-0.4, -0.2) is 9.13 Å². The summed E-state index contributed by atoms with van der Waals surface area (Å²) in [4.78, 5) is 0. The molecule has 0 radical (unpaired) electrons. The fraction of sp³-hybridized carbons (Fsp3) is 0. The Kier molecular flexibility index (Phi) is 6.16. The highest BCUT2D eigenvalue weighted by Crippen LogP contribution is 2.43. The Hall–Kier alpha value is -6.42. The van der Waals surface area contributed by atoms with Crippen molar-refractivity contribution < 1.29 is 0 Å². The topological polar surface area (TPSA) is 9.86 Å². The molecular weight excluding hydrogens is 637 g/mol. The molecule has 8 aromatic carbocycles. The van der Waals surface area contributed by atoms with Gasteiger partial charge in [-0.3, -0.25) is 0 Å². The second-order valence-corrected chi connectivity index (χ2v) is 14.4. The largest absolute Gasteiger partial charge is 0.309 e. The third-order valence-corrected chi connectivity index (χ3v) is 11.7. The van der Waals surface area contributed by atoms with Gasteiger partial charge in [0.05, 0.1) is 32.5 Å². The van der Waals surface area contributed by atoms with Gasteiger partial charge in [0.25, 0.3) is 0 Å². The van der Waals surface area contributed by atoms with Gasteiger partial charge in [0.1, 0.15) is 0 Å². The van der Waals surface area contributed by atoms with E-state index in [1.165, 1.54) is 97.4 Å². The molecule has 0 aliphatic rings. The Morgan fingerprint density at radius 1 is 0.314 bits per heavy atom. The van der Waals surface area contributed by atoms with Crippen LogP contribution < -0.4 is 0 Å². The highest BCUT2D eigenvalue weighted by molar-refractivity contribution is 7.26. The highest BCUT2D eigenvalue weighted by atomic mass is 32.1. The first-order valence-corrected chi connectivity index (χ1v) is 18.3. The molecule has 0 unspecified atom stereocenters.